The van der Waals surface area contributed by atoms with Gasteiger partial charge in [-0.25, -0.2) is 19.1 Å². The molecule has 0 saturated heterocycles. The molecule has 1 atom stereocenters. The Bertz CT molecular complexity index is 1200. The van der Waals surface area contributed by atoms with Crippen molar-refractivity contribution < 1.29 is 19.1 Å². The van der Waals surface area contributed by atoms with Crippen molar-refractivity contribution in [3.8, 4) is 0 Å². The van der Waals surface area contributed by atoms with Gasteiger partial charge in [-0.3, -0.25) is 4.79 Å². The van der Waals surface area contributed by atoms with Gasteiger partial charge in [-0.15, -0.1) is 0 Å². The zero-order chi connectivity index (χ0) is 24.3. The molecule has 0 fully saturated rings. The van der Waals surface area contributed by atoms with Gasteiger partial charge in [-0.1, -0.05) is 39.8 Å². The Morgan fingerprint density at radius 2 is 1.85 bits per heavy atom. The lowest BCUT2D eigenvalue weighted by Gasteiger charge is -2.20. The number of carbonyl (C=O) groups excluding carboxylic acids is 3. The molecule has 10 heteroatoms. The van der Waals surface area contributed by atoms with Crippen LogP contribution in [0.3, 0.4) is 0 Å². The topological polar surface area (TPSA) is 141 Å². The summed E-state index contributed by atoms with van der Waals surface area (Å²) >= 11 is 0. The molecular weight excluding hydrogens is 424 g/mol. The van der Waals surface area contributed by atoms with Crippen molar-refractivity contribution in [2.75, 3.05) is 18.2 Å². The Morgan fingerprint density at radius 1 is 1.12 bits per heavy atom. The molecular formula is C23H28N6O4. The molecule has 0 bridgehead atoms. The molecule has 2 aromatic heterocycles. The summed E-state index contributed by atoms with van der Waals surface area (Å²) < 4.78 is 6.37. The SMILES string of the molecule is COC(=O)[C@@H](NC(=O)Nc1cccc(C(=O)c2cc(C(C)C)n3ncnc(N)c23)c1)C(C)C. The van der Waals surface area contributed by atoms with E-state index in [2.05, 4.69) is 20.7 Å². The minimum atomic E-state index is -0.801. The van der Waals surface area contributed by atoms with Crippen LogP contribution in [-0.4, -0.2) is 45.5 Å². The van der Waals surface area contributed by atoms with Crippen molar-refractivity contribution in [2.24, 2.45) is 5.92 Å². The minimum absolute atomic E-state index is 0.105. The number of amides is 2. The number of carbonyl (C=O) groups is 3. The van der Waals surface area contributed by atoms with Crippen LogP contribution in [0.25, 0.3) is 5.52 Å². The van der Waals surface area contributed by atoms with Gasteiger partial charge in [0.15, 0.2) is 11.6 Å². The standard InChI is InChI=1S/C23H28N6O4/c1-12(2)17-10-16(19-21(24)25-11-26-29(17)19)20(30)14-7-6-8-15(9-14)27-23(32)28-18(13(3)4)22(31)33-5/h6-13,18H,1-5H3,(H2,24,25,26)(H2,27,28,32)/t18-/m0/s1. The third kappa shape index (κ3) is 4.94. The molecule has 174 valence electrons. The van der Waals surface area contributed by atoms with E-state index in [1.807, 2.05) is 13.8 Å². The lowest BCUT2D eigenvalue weighted by molar-refractivity contribution is -0.143. The fraction of sp³-hybridized carbons (Fsp3) is 0.348. The first kappa shape index (κ1) is 23.7. The highest BCUT2D eigenvalue weighted by molar-refractivity contribution is 6.15. The number of hydrogen-bond donors (Lipinski definition) is 3. The van der Waals surface area contributed by atoms with Gasteiger partial charge in [0.1, 0.15) is 17.9 Å². The Labute approximate surface area is 191 Å². The van der Waals surface area contributed by atoms with E-state index in [1.165, 1.54) is 13.4 Å². The van der Waals surface area contributed by atoms with Crippen molar-refractivity contribution in [3.05, 3.63) is 53.5 Å². The second-order valence-corrected chi connectivity index (χ2v) is 8.30. The monoisotopic (exact) mass is 452 g/mol. The molecule has 1 aromatic carbocycles. The van der Waals surface area contributed by atoms with Gasteiger partial charge < -0.3 is 21.1 Å². The first-order valence-electron chi connectivity index (χ1n) is 10.6. The number of nitrogens with two attached hydrogens (primary N) is 1. The summed E-state index contributed by atoms with van der Waals surface area (Å²) in [6.07, 6.45) is 1.35. The number of nitrogens with one attached hydrogen (secondary N) is 2. The van der Waals surface area contributed by atoms with E-state index in [-0.39, 0.29) is 23.4 Å². The Morgan fingerprint density at radius 3 is 2.48 bits per heavy atom. The third-order valence-electron chi connectivity index (χ3n) is 5.24. The second kappa shape index (κ2) is 9.68. The van der Waals surface area contributed by atoms with Crippen LogP contribution in [0.5, 0.6) is 0 Å². The largest absolute Gasteiger partial charge is 0.467 e. The molecule has 2 amide bonds. The summed E-state index contributed by atoms with van der Waals surface area (Å²) in [7, 11) is 1.26. The Balaban J connectivity index is 1.88. The van der Waals surface area contributed by atoms with Crippen LogP contribution in [0, 0.1) is 5.92 Å². The molecule has 4 N–H and O–H groups in total. The van der Waals surface area contributed by atoms with E-state index in [1.54, 1.807) is 48.7 Å². The summed E-state index contributed by atoms with van der Waals surface area (Å²) in [6, 6.07) is 6.89. The summed E-state index contributed by atoms with van der Waals surface area (Å²) in [5.41, 5.74) is 8.46. The number of aromatic nitrogens is 3. The average molecular weight is 453 g/mol. The maximum Gasteiger partial charge on any atom is 0.328 e. The molecule has 3 rings (SSSR count). The molecule has 0 aliphatic heterocycles. The highest BCUT2D eigenvalue weighted by Gasteiger charge is 2.25. The van der Waals surface area contributed by atoms with Gasteiger partial charge >= 0.3 is 12.0 Å². The Hall–Kier alpha value is -3.95. The lowest BCUT2D eigenvalue weighted by atomic mass is 10.0. The fourth-order valence-electron chi connectivity index (χ4n) is 3.50. The highest BCUT2D eigenvalue weighted by Crippen LogP contribution is 2.27. The molecule has 10 nitrogen and oxygen atoms in total. The maximum atomic E-state index is 13.4. The lowest BCUT2D eigenvalue weighted by Crippen LogP contribution is -2.46. The van der Waals surface area contributed by atoms with Gasteiger partial charge in [0.25, 0.3) is 0 Å². The number of fused-ring (bicyclic) bond motifs is 1. The van der Waals surface area contributed by atoms with Gasteiger partial charge in [0.05, 0.1) is 12.7 Å². The number of methoxy groups -OCH3 is 1. The number of nitrogen functional groups attached to an aromatic ring is 1. The van der Waals surface area contributed by atoms with E-state index in [4.69, 9.17) is 10.5 Å². The molecule has 0 radical (unpaired) electrons. The summed E-state index contributed by atoms with van der Waals surface area (Å²) in [4.78, 5) is 41.7. The van der Waals surface area contributed by atoms with Crippen molar-refractivity contribution in [1.82, 2.24) is 19.9 Å². The van der Waals surface area contributed by atoms with Crippen LogP contribution in [0.15, 0.2) is 36.7 Å². The maximum absolute atomic E-state index is 13.4. The number of urea groups is 1. The fourth-order valence-corrected chi connectivity index (χ4v) is 3.50. The van der Waals surface area contributed by atoms with Crippen LogP contribution in [0.2, 0.25) is 0 Å². The number of anilines is 2. The number of hydrogen-bond acceptors (Lipinski definition) is 7. The van der Waals surface area contributed by atoms with Crippen LogP contribution >= 0.6 is 0 Å². The van der Waals surface area contributed by atoms with Crippen LogP contribution < -0.4 is 16.4 Å². The average Bonchev–Trinajstić information content (AvgIpc) is 3.18. The molecule has 0 spiro atoms. The van der Waals surface area contributed by atoms with Gasteiger partial charge in [-0.2, -0.15) is 5.10 Å². The van der Waals surface area contributed by atoms with Crippen molar-refractivity contribution in [1.29, 1.82) is 0 Å². The van der Waals surface area contributed by atoms with Crippen molar-refractivity contribution >= 4 is 34.8 Å². The second-order valence-electron chi connectivity index (χ2n) is 8.30. The van der Waals surface area contributed by atoms with Crippen LogP contribution in [0.1, 0.15) is 55.2 Å². The number of nitrogens with zero attached hydrogens (tertiary/aromatic N) is 3. The van der Waals surface area contributed by atoms with E-state index in [0.29, 0.717) is 22.3 Å². The van der Waals surface area contributed by atoms with E-state index in [9.17, 15) is 14.4 Å². The predicted octanol–water partition coefficient (Wildman–Crippen LogP) is 2.99. The highest BCUT2D eigenvalue weighted by atomic mass is 16.5. The normalized spacial score (nSPS) is 12.1. The van der Waals surface area contributed by atoms with Gasteiger partial charge in [0, 0.05) is 16.9 Å². The minimum Gasteiger partial charge on any atom is -0.467 e. The number of ketones is 1. The molecule has 3 aromatic rings. The van der Waals surface area contributed by atoms with E-state index in [0.717, 1.165) is 5.69 Å². The number of esters is 1. The molecule has 0 unspecified atom stereocenters. The zero-order valence-electron chi connectivity index (χ0n) is 19.2. The molecule has 2 heterocycles. The first-order chi connectivity index (χ1) is 15.6. The smallest absolute Gasteiger partial charge is 0.328 e. The number of rotatable bonds is 7. The zero-order valence-corrected chi connectivity index (χ0v) is 19.2. The van der Waals surface area contributed by atoms with Crippen molar-refractivity contribution in [3.63, 3.8) is 0 Å². The van der Waals surface area contributed by atoms with Gasteiger partial charge in [0.2, 0.25) is 0 Å². The first-order valence-corrected chi connectivity index (χ1v) is 10.6. The molecule has 33 heavy (non-hydrogen) atoms. The van der Waals surface area contributed by atoms with Crippen LogP contribution in [0.4, 0.5) is 16.3 Å². The summed E-state index contributed by atoms with van der Waals surface area (Å²) in [6.45, 7) is 7.58. The molecule has 0 saturated carbocycles. The Kier molecular flexibility index (Phi) is 6.95. The number of benzene rings is 1. The summed E-state index contributed by atoms with van der Waals surface area (Å²) in [5.74, 6) is -0.669. The third-order valence-corrected chi connectivity index (χ3v) is 5.24. The summed E-state index contributed by atoms with van der Waals surface area (Å²) in [5, 5.41) is 9.51. The van der Waals surface area contributed by atoms with Crippen LogP contribution in [-0.2, 0) is 9.53 Å². The van der Waals surface area contributed by atoms with Crippen molar-refractivity contribution in [2.45, 2.75) is 39.7 Å². The molecule has 0 aliphatic carbocycles. The van der Waals surface area contributed by atoms with Gasteiger partial charge in [-0.05, 0) is 30.0 Å². The van der Waals surface area contributed by atoms with E-state index < -0.39 is 18.0 Å². The number of ether oxygens (including phenoxy) is 1. The molecule has 0 aliphatic rings. The quantitative estimate of drug-likeness (QED) is 0.370. The van der Waals surface area contributed by atoms with E-state index >= 15 is 0 Å². The predicted molar refractivity (Wildman–Crippen MR) is 124 cm³/mol.